The molecule has 4 N–H and O–H groups in total. The molecule has 28 heavy (non-hydrogen) atoms. The second kappa shape index (κ2) is 7.89. The van der Waals surface area contributed by atoms with E-state index in [1.807, 2.05) is 0 Å². The van der Waals surface area contributed by atoms with Crippen LogP contribution in [-0.2, 0) is 0 Å². The van der Waals surface area contributed by atoms with E-state index < -0.39 is 5.91 Å². The number of nitrogens with zero attached hydrogens (tertiary/aromatic N) is 1. The Labute approximate surface area is 162 Å². The van der Waals surface area contributed by atoms with Gasteiger partial charge in [-0.3, -0.25) is 14.7 Å². The first-order chi connectivity index (χ1) is 13.6. The lowest BCUT2D eigenvalue weighted by molar-refractivity contribution is 0.0864. The summed E-state index contributed by atoms with van der Waals surface area (Å²) in [5, 5.41) is 21.8. The van der Waals surface area contributed by atoms with Gasteiger partial charge in [0.1, 0.15) is 18.9 Å². The van der Waals surface area contributed by atoms with E-state index in [-0.39, 0.29) is 30.9 Å². The number of amides is 2. The molecular weight excluding hydrogens is 364 g/mol. The zero-order valence-electron chi connectivity index (χ0n) is 15.2. The number of hydrogen-bond donors (Lipinski definition) is 4. The Morgan fingerprint density at radius 1 is 1.14 bits per heavy atom. The van der Waals surface area contributed by atoms with Crippen molar-refractivity contribution >= 4 is 17.5 Å². The average Bonchev–Trinajstić information content (AvgIpc) is 3.17. The van der Waals surface area contributed by atoms with Gasteiger partial charge in [-0.25, -0.2) is 0 Å². The minimum atomic E-state index is -0.418. The van der Waals surface area contributed by atoms with E-state index >= 15 is 0 Å². The molecule has 2 amide bonds. The summed E-state index contributed by atoms with van der Waals surface area (Å²) in [7, 11) is 0. The third-order valence-corrected chi connectivity index (χ3v) is 4.96. The van der Waals surface area contributed by atoms with Gasteiger partial charge < -0.3 is 25.2 Å². The van der Waals surface area contributed by atoms with Crippen molar-refractivity contribution in [2.45, 2.75) is 37.8 Å². The van der Waals surface area contributed by atoms with E-state index in [0.29, 0.717) is 43.1 Å². The number of hydrogen-bond acceptors (Lipinski definition) is 6. The van der Waals surface area contributed by atoms with Crippen LogP contribution in [0.5, 0.6) is 11.5 Å². The van der Waals surface area contributed by atoms with Gasteiger partial charge in [0.05, 0.1) is 23.6 Å². The number of aromatic amines is 1. The number of anilines is 1. The van der Waals surface area contributed by atoms with Crippen molar-refractivity contribution in [2.24, 2.45) is 0 Å². The Hall–Kier alpha value is -3.07. The number of aliphatic hydroxyl groups is 1. The number of nitrogens with one attached hydrogen (secondary N) is 3. The van der Waals surface area contributed by atoms with Crippen LogP contribution < -0.4 is 20.1 Å². The molecule has 1 aliphatic carbocycles. The minimum Gasteiger partial charge on any atom is -0.486 e. The van der Waals surface area contributed by atoms with Gasteiger partial charge in [0.2, 0.25) is 0 Å². The quantitative estimate of drug-likeness (QED) is 0.632. The molecule has 0 unspecified atom stereocenters. The number of aliphatic hydroxyl groups excluding tert-OH is 1. The first kappa shape index (κ1) is 18.3. The molecular formula is C19H24N4O5. The smallest absolute Gasteiger partial charge is 0.271 e. The summed E-state index contributed by atoms with van der Waals surface area (Å²) >= 11 is 0. The molecule has 1 aliphatic heterocycles. The SMILES string of the molecule is O=C(Nc1cn[nH]c1C(=O)NC1CCC(O)CC1)c1cccc2c1OCCO2.[HH]. The summed E-state index contributed by atoms with van der Waals surface area (Å²) in [6.07, 6.45) is 3.87. The van der Waals surface area contributed by atoms with Gasteiger partial charge in [0, 0.05) is 7.47 Å². The van der Waals surface area contributed by atoms with Gasteiger partial charge in [-0.2, -0.15) is 5.10 Å². The summed E-state index contributed by atoms with van der Waals surface area (Å²) < 4.78 is 11.1. The van der Waals surface area contributed by atoms with Crippen molar-refractivity contribution < 1.29 is 25.6 Å². The fourth-order valence-corrected chi connectivity index (χ4v) is 3.47. The molecule has 4 rings (SSSR count). The number of rotatable bonds is 4. The van der Waals surface area contributed by atoms with E-state index in [1.54, 1.807) is 18.2 Å². The number of carbonyl (C=O) groups excluding carboxylic acids is 2. The first-order valence-corrected chi connectivity index (χ1v) is 9.34. The average molecular weight is 388 g/mol. The van der Waals surface area contributed by atoms with Crippen molar-refractivity contribution in [1.82, 2.24) is 15.5 Å². The molecule has 2 heterocycles. The fourth-order valence-electron chi connectivity index (χ4n) is 3.47. The summed E-state index contributed by atoms with van der Waals surface area (Å²) in [6, 6.07) is 5.08. The molecule has 0 spiro atoms. The molecule has 1 saturated carbocycles. The predicted molar refractivity (Wildman–Crippen MR) is 102 cm³/mol. The maximum atomic E-state index is 12.7. The van der Waals surface area contributed by atoms with Crippen molar-refractivity contribution in [1.29, 1.82) is 0 Å². The zero-order valence-corrected chi connectivity index (χ0v) is 15.2. The Bertz CT molecular complexity index is 879. The Kier molecular flexibility index (Phi) is 5.16. The largest absolute Gasteiger partial charge is 0.486 e. The van der Waals surface area contributed by atoms with Crippen LogP contribution in [0.25, 0.3) is 0 Å². The molecule has 2 aromatic rings. The van der Waals surface area contributed by atoms with Crippen LogP contribution in [0.15, 0.2) is 24.4 Å². The van der Waals surface area contributed by atoms with Crippen molar-refractivity contribution in [3.63, 3.8) is 0 Å². The highest BCUT2D eigenvalue weighted by Gasteiger charge is 2.25. The number of carbonyl (C=O) groups is 2. The van der Waals surface area contributed by atoms with Crippen molar-refractivity contribution in [3.05, 3.63) is 35.7 Å². The molecule has 0 radical (unpaired) electrons. The van der Waals surface area contributed by atoms with Gasteiger partial charge >= 0.3 is 0 Å². The van der Waals surface area contributed by atoms with Crippen LogP contribution in [0.3, 0.4) is 0 Å². The second-order valence-corrected chi connectivity index (χ2v) is 6.92. The third-order valence-electron chi connectivity index (χ3n) is 4.96. The number of para-hydroxylation sites is 1. The number of aromatic nitrogens is 2. The lowest BCUT2D eigenvalue weighted by Crippen LogP contribution is -2.39. The Balaban J connectivity index is 0.00000240. The summed E-state index contributed by atoms with van der Waals surface area (Å²) in [5.41, 5.74) is 0.792. The molecule has 1 aromatic heterocycles. The molecule has 0 bridgehead atoms. The normalized spacial score (nSPS) is 21.0. The zero-order chi connectivity index (χ0) is 19.5. The van der Waals surface area contributed by atoms with Gasteiger partial charge in [0.15, 0.2) is 11.5 Å². The number of benzene rings is 1. The standard InChI is InChI=1S/C19H22N4O5.H2/c24-12-6-4-11(5-7-12)21-19(26)16-14(10-20-23-16)22-18(25)13-2-1-3-15-17(13)28-9-8-27-15;/h1-3,10-12,24H,4-9H2,(H,20,23)(H,21,26)(H,22,25);1H. The van der Waals surface area contributed by atoms with Gasteiger partial charge in [0.25, 0.3) is 11.8 Å². The van der Waals surface area contributed by atoms with E-state index in [4.69, 9.17) is 9.47 Å². The molecule has 9 heteroatoms. The number of H-pyrrole nitrogens is 1. The topological polar surface area (TPSA) is 126 Å². The predicted octanol–water partition coefficient (Wildman–Crippen LogP) is 1.71. The van der Waals surface area contributed by atoms with Gasteiger partial charge in [-0.15, -0.1) is 0 Å². The fraction of sp³-hybridized carbons (Fsp3) is 0.421. The summed E-state index contributed by atoms with van der Waals surface area (Å²) in [6.45, 7) is 0.801. The molecule has 2 aliphatic rings. The van der Waals surface area contributed by atoms with E-state index in [0.717, 1.165) is 12.8 Å². The third kappa shape index (κ3) is 3.79. The monoisotopic (exact) mass is 388 g/mol. The van der Waals surface area contributed by atoms with Gasteiger partial charge in [-0.1, -0.05) is 6.07 Å². The first-order valence-electron chi connectivity index (χ1n) is 9.34. The van der Waals surface area contributed by atoms with Crippen LogP contribution in [0.1, 0.15) is 48.0 Å². The molecule has 0 atom stereocenters. The molecule has 150 valence electrons. The summed E-state index contributed by atoms with van der Waals surface area (Å²) in [4.78, 5) is 25.3. The maximum absolute atomic E-state index is 12.7. The number of fused-ring (bicyclic) bond motifs is 1. The second-order valence-electron chi connectivity index (χ2n) is 6.92. The Morgan fingerprint density at radius 2 is 1.93 bits per heavy atom. The lowest BCUT2D eigenvalue weighted by Gasteiger charge is -2.26. The van der Waals surface area contributed by atoms with Crippen LogP contribution >= 0.6 is 0 Å². The molecule has 1 fully saturated rings. The van der Waals surface area contributed by atoms with Crippen LogP contribution in [0.2, 0.25) is 0 Å². The molecule has 9 nitrogen and oxygen atoms in total. The molecule has 1 aromatic carbocycles. The Morgan fingerprint density at radius 3 is 2.75 bits per heavy atom. The molecule has 0 saturated heterocycles. The number of ether oxygens (including phenoxy) is 2. The lowest BCUT2D eigenvalue weighted by atomic mass is 9.93. The highest BCUT2D eigenvalue weighted by molar-refractivity contribution is 6.09. The highest BCUT2D eigenvalue weighted by Crippen LogP contribution is 2.34. The van der Waals surface area contributed by atoms with Gasteiger partial charge in [-0.05, 0) is 37.8 Å². The van der Waals surface area contributed by atoms with Crippen LogP contribution in [0, 0.1) is 0 Å². The minimum absolute atomic E-state index is 0. The summed E-state index contributed by atoms with van der Waals surface area (Å²) in [5.74, 6) is 0.146. The van der Waals surface area contributed by atoms with Crippen LogP contribution in [-0.4, -0.2) is 52.5 Å². The van der Waals surface area contributed by atoms with Crippen LogP contribution in [0.4, 0.5) is 5.69 Å². The van der Waals surface area contributed by atoms with E-state index in [1.165, 1.54) is 6.20 Å². The highest BCUT2D eigenvalue weighted by atomic mass is 16.6. The maximum Gasteiger partial charge on any atom is 0.271 e. The van der Waals surface area contributed by atoms with Crippen molar-refractivity contribution in [2.75, 3.05) is 18.5 Å². The van der Waals surface area contributed by atoms with E-state index in [9.17, 15) is 14.7 Å². The van der Waals surface area contributed by atoms with E-state index in [2.05, 4.69) is 20.8 Å². The van der Waals surface area contributed by atoms with Crippen molar-refractivity contribution in [3.8, 4) is 11.5 Å².